The van der Waals surface area contributed by atoms with Crippen LogP contribution in [0, 0.1) is 23.4 Å². The lowest BCUT2D eigenvalue weighted by Crippen LogP contribution is -2.29. The number of anilines is 2. The lowest BCUT2D eigenvalue weighted by atomic mass is 9.87. The first-order chi connectivity index (χ1) is 16.8. The number of carbonyl (C=O) groups is 2. The fourth-order valence-electron chi connectivity index (χ4n) is 3.73. The van der Waals surface area contributed by atoms with Crippen molar-refractivity contribution in [2.75, 3.05) is 12.4 Å². The van der Waals surface area contributed by atoms with Gasteiger partial charge in [-0.15, -0.1) is 5.10 Å². The number of benzene rings is 1. The summed E-state index contributed by atoms with van der Waals surface area (Å²) in [5.41, 5.74) is 0.412. The fourth-order valence-corrected chi connectivity index (χ4v) is 3.73. The van der Waals surface area contributed by atoms with Gasteiger partial charge >= 0.3 is 12.0 Å². The van der Waals surface area contributed by atoms with Gasteiger partial charge in [0.2, 0.25) is 5.78 Å². The third-order valence-corrected chi connectivity index (χ3v) is 5.55. The first-order valence-corrected chi connectivity index (χ1v) is 10.8. The van der Waals surface area contributed by atoms with Crippen LogP contribution in [-0.2, 0) is 16.0 Å². The highest BCUT2D eigenvalue weighted by atomic mass is 19.2. The Morgan fingerprint density at radius 2 is 1.83 bits per heavy atom. The van der Waals surface area contributed by atoms with Crippen LogP contribution in [0.5, 0.6) is 5.88 Å². The molecule has 2 heterocycles. The Bertz CT molecular complexity index is 1230. The topological polar surface area (TPSA) is 116 Å². The summed E-state index contributed by atoms with van der Waals surface area (Å²) in [4.78, 5) is 28.0. The van der Waals surface area contributed by atoms with Gasteiger partial charge in [0, 0.05) is 24.4 Å². The molecule has 1 fully saturated rings. The second-order valence-corrected chi connectivity index (χ2v) is 8.01. The Morgan fingerprint density at radius 1 is 1.06 bits per heavy atom. The van der Waals surface area contributed by atoms with Crippen molar-refractivity contribution in [2.24, 2.45) is 5.92 Å². The maximum Gasteiger partial charge on any atom is 0.320 e. The van der Waals surface area contributed by atoms with Crippen LogP contribution in [0.2, 0.25) is 0 Å². The number of halogens is 3. The predicted octanol–water partition coefficient (Wildman–Crippen LogP) is 4.16. The third-order valence-electron chi connectivity index (χ3n) is 5.55. The maximum atomic E-state index is 14.5. The zero-order chi connectivity index (χ0) is 24.9. The van der Waals surface area contributed by atoms with Crippen molar-refractivity contribution in [1.82, 2.24) is 15.2 Å². The SMILES string of the molecule is COC(=O)C1CCC(Oc2ncc(CC(=O)c3nnc(Nc4ccc(F)c(F)c4)o3)cc2F)CC1. The number of ketones is 1. The number of nitrogens with zero attached hydrogens (tertiary/aromatic N) is 3. The number of aromatic nitrogens is 3. The van der Waals surface area contributed by atoms with E-state index < -0.39 is 23.2 Å². The highest BCUT2D eigenvalue weighted by Crippen LogP contribution is 2.29. The van der Waals surface area contributed by atoms with E-state index in [0.29, 0.717) is 25.7 Å². The van der Waals surface area contributed by atoms with Crippen LogP contribution >= 0.6 is 0 Å². The number of hydrogen-bond acceptors (Lipinski definition) is 9. The predicted molar refractivity (Wildman–Crippen MR) is 115 cm³/mol. The van der Waals surface area contributed by atoms with Gasteiger partial charge in [0.25, 0.3) is 11.8 Å². The molecule has 12 heteroatoms. The van der Waals surface area contributed by atoms with Crippen molar-refractivity contribution in [3.8, 4) is 5.88 Å². The Balaban J connectivity index is 1.33. The number of pyridine rings is 1. The smallest absolute Gasteiger partial charge is 0.320 e. The number of esters is 1. The van der Waals surface area contributed by atoms with E-state index in [-0.39, 0.29) is 53.4 Å². The Labute approximate surface area is 197 Å². The molecular weight excluding hydrogens is 469 g/mol. The molecule has 0 atom stereocenters. The molecule has 35 heavy (non-hydrogen) atoms. The molecule has 0 saturated heterocycles. The molecular formula is C23H21F3N4O5. The van der Waals surface area contributed by atoms with Gasteiger partial charge in [-0.05, 0) is 49.4 Å². The molecule has 0 aliphatic heterocycles. The van der Waals surface area contributed by atoms with E-state index >= 15 is 0 Å². The van der Waals surface area contributed by atoms with Gasteiger partial charge in [-0.3, -0.25) is 9.59 Å². The van der Waals surface area contributed by atoms with Gasteiger partial charge in [-0.25, -0.2) is 18.2 Å². The summed E-state index contributed by atoms with van der Waals surface area (Å²) in [5, 5.41) is 9.83. The molecule has 0 spiro atoms. The van der Waals surface area contributed by atoms with Crippen LogP contribution in [0.15, 0.2) is 34.9 Å². The molecule has 0 radical (unpaired) electrons. The van der Waals surface area contributed by atoms with Crippen LogP contribution in [0.25, 0.3) is 0 Å². The van der Waals surface area contributed by atoms with Crippen LogP contribution < -0.4 is 10.1 Å². The van der Waals surface area contributed by atoms with Crippen LogP contribution in [0.3, 0.4) is 0 Å². The fraction of sp³-hybridized carbons (Fsp3) is 0.348. The lowest BCUT2D eigenvalue weighted by molar-refractivity contribution is -0.147. The van der Waals surface area contributed by atoms with Crippen molar-refractivity contribution in [2.45, 2.75) is 38.2 Å². The first-order valence-electron chi connectivity index (χ1n) is 10.8. The Kier molecular flexibility index (Phi) is 7.28. The number of methoxy groups -OCH3 is 1. The molecule has 0 bridgehead atoms. The standard InChI is InChI=1S/C23H21F3N4O5/c1-33-22(32)13-2-5-15(6-3-13)34-20-18(26)8-12(11-27-20)9-19(31)21-29-30-23(35-21)28-14-4-7-16(24)17(25)10-14/h4,7-8,10-11,13,15H,2-3,5-6,9H2,1H3,(H,28,30). The monoisotopic (exact) mass is 490 g/mol. The minimum Gasteiger partial charge on any atom is -0.472 e. The minimum atomic E-state index is -1.07. The van der Waals surface area contributed by atoms with Crippen molar-refractivity contribution in [3.63, 3.8) is 0 Å². The normalized spacial score (nSPS) is 17.6. The van der Waals surface area contributed by atoms with Crippen molar-refractivity contribution in [3.05, 3.63) is 59.4 Å². The highest BCUT2D eigenvalue weighted by Gasteiger charge is 2.28. The Hall–Kier alpha value is -3.96. The summed E-state index contributed by atoms with van der Waals surface area (Å²) >= 11 is 0. The number of hydrogen-bond donors (Lipinski definition) is 1. The number of Topliss-reactive ketones (excluding diaryl/α,β-unsaturated/α-hetero) is 1. The van der Waals surface area contributed by atoms with E-state index in [1.807, 2.05) is 0 Å². The molecule has 1 aliphatic carbocycles. The van der Waals surface area contributed by atoms with E-state index in [4.69, 9.17) is 13.9 Å². The summed E-state index contributed by atoms with van der Waals surface area (Å²) in [7, 11) is 1.35. The number of ether oxygens (including phenoxy) is 2. The zero-order valence-electron chi connectivity index (χ0n) is 18.6. The summed E-state index contributed by atoms with van der Waals surface area (Å²) < 4.78 is 56.5. The second kappa shape index (κ2) is 10.5. The molecule has 0 amide bonds. The molecule has 1 aromatic carbocycles. The van der Waals surface area contributed by atoms with E-state index in [1.165, 1.54) is 19.4 Å². The van der Waals surface area contributed by atoms with Gasteiger partial charge < -0.3 is 19.2 Å². The molecule has 4 rings (SSSR count). The molecule has 1 saturated carbocycles. The number of rotatable bonds is 8. The number of carbonyl (C=O) groups excluding carboxylic acids is 2. The summed E-state index contributed by atoms with van der Waals surface area (Å²) in [6, 6.07) is 4.01. The average Bonchev–Trinajstić information content (AvgIpc) is 3.32. The van der Waals surface area contributed by atoms with E-state index in [1.54, 1.807) is 0 Å². The third kappa shape index (κ3) is 5.94. The number of nitrogens with one attached hydrogen (secondary N) is 1. The first kappa shape index (κ1) is 24.2. The maximum absolute atomic E-state index is 14.5. The molecule has 184 valence electrons. The lowest BCUT2D eigenvalue weighted by Gasteiger charge is -2.27. The van der Waals surface area contributed by atoms with E-state index in [0.717, 1.165) is 18.2 Å². The van der Waals surface area contributed by atoms with Crippen molar-refractivity contribution >= 4 is 23.5 Å². The van der Waals surface area contributed by atoms with Gasteiger partial charge in [-0.1, -0.05) is 5.10 Å². The highest BCUT2D eigenvalue weighted by molar-refractivity contribution is 5.93. The van der Waals surface area contributed by atoms with Gasteiger partial charge in [-0.2, -0.15) is 0 Å². The average molecular weight is 490 g/mol. The second-order valence-electron chi connectivity index (χ2n) is 8.01. The largest absolute Gasteiger partial charge is 0.472 e. The van der Waals surface area contributed by atoms with E-state index in [2.05, 4.69) is 20.5 Å². The molecule has 9 nitrogen and oxygen atoms in total. The summed E-state index contributed by atoms with van der Waals surface area (Å²) in [6.07, 6.45) is 3.09. The van der Waals surface area contributed by atoms with Crippen LogP contribution in [0.4, 0.5) is 24.9 Å². The summed E-state index contributed by atoms with van der Waals surface area (Å²) in [6.45, 7) is 0. The Morgan fingerprint density at radius 3 is 2.51 bits per heavy atom. The molecule has 1 N–H and O–H groups in total. The van der Waals surface area contributed by atoms with Gasteiger partial charge in [0.05, 0.1) is 13.0 Å². The quantitative estimate of drug-likeness (QED) is 0.367. The van der Waals surface area contributed by atoms with Crippen molar-refractivity contribution in [1.29, 1.82) is 0 Å². The molecule has 2 aromatic heterocycles. The van der Waals surface area contributed by atoms with Gasteiger partial charge in [0.1, 0.15) is 6.10 Å². The van der Waals surface area contributed by atoms with Gasteiger partial charge in [0.15, 0.2) is 17.5 Å². The van der Waals surface area contributed by atoms with Crippen molar-refractivity contribution < 1.29 is 36.7 Å². The van der Waals surface area contributed by atoms with Crippen LogP contribution in [0.1, 0.15) is 41.9 Å². The summed E-state index contributed by atoms with van der Waals surface area (Å²) in [5.74, 6) is -4.36. The minimum absolute atomic E-state index is 0.146. The molecule has 1 aliphatic rings. The van der Waals surface area contributed by atoms with Crippen LogP contribution in [-0.4, -0.2) is 40.1 Å². The van der Waals surface area contributed by atoms with E-state index in [9.17, 15) is 22.8 Å². The molecule has 3 aromatic rings. The zero-order valence-corrected chi connectivity index (χ0v) is 18.6. The molecule has 0 unspecified atom stereocenters.